The molecule has 1 aromatic rings. The number of hydrogen-bond donors (Lipinski definition) is 1. The quantitative estimate of drug-likeness (QED) is 0.825. The van der Waals surface area contributed by atoms with Gasteiger partial charge in [0, 0.05) is 15.8 Å². The van der Waals surface area contributed by atoms with Crippen molar-refractivity contribution < 1.29 is 0 Å². The fraction of sp³-hybridized carbons (Fsp3) is 0.667. The minimum atomic E-state index is 0. The molecule has 0 aliphatic heterocycles. The van der Waals surface area contributed by atoms with E-state index in [1.807, 2.05) is 11.3 Å². The molecule has 0 bridgehead atoms. The molecule has 1 unspecified atom stereocenters. The average Bonchev–Trinajstić information content (AvgIpc) is 2.61. The Bertz CT molecular complexity index is 268. The average molecular weight is 248 g/mol. The molecule has 3 heteroatoms. The maximum Gasteiger partial charge on any atom is 0.0392 e. The standard InChI is InChI=1S/C12H21NS.ClH/c1-4-10(5-2)8-11(13)12-7-6-9(3)14-12;/h6-7,10-11H,4-5,8,13H2,1-3H3;1H. The highest BCUT2D eigenvalue weighted by Gasteiger charge is 2.13. The third-order valence-electron chi connectivity index (χ3n) is 2.87. The molecule has 0 aliphatic carbocycles. The van der Waals surface area contributed by atoms with E-state index >= 15 is 0 Å². The van der Waals surface area contributed by atoms with Crippen LogP contribution in [0.25, 0.3) is 0 Å². The third-order valence-corrected chi connectivity index (χ3v) is 4.00. The predicted octanol–water partition coefficient (Wildman–Crippen LogP) is 4.30. The molecule has 1 heterocycles. The number of rotatable bonds is 5. The molecule has 1 atom stereocenters. The van der Waals surface area contributed by atoms with Crippen LogP contribution < -0.4 is 5.73 Å². The van der Waals surface area contributed by atoms with E-state index in [2.05, 4.69) is 32.9 Å². The Hall–Kier alpha value is -0.0500. The lowest BCUT2D eigenvalue weighted by Crippen LogP contribution is -2.13. The zero-order valence-corrected chi connectivity index (χ0v) is 11.5. The highest BCUT2D eigenvalue weighted by Crippen LogP contribution is 2.27. The number of halogens is 1. The Balaban J connectivity index is 0.00000196. The molecular weight excluding hydrogens is 226 g/mol. The molecule has 0 saturated carbocycles. The minimum absolute atomic E-state index is 0. The van der Waals surface area contributed by atoms with Gasteiger partial charge in [-0.2, -0.15) is 0 Å². The number of nitrogens with two attached hydrogens (primary N) is 1. The van der Waals surface area contributed by atoms with Crippen molar-refractivity contribution in [3.05, 3.63) is 21.9 Å². The van der Waals surface area contributed by atoms with Crippen LogP contribution in [0, 0.1) is 12.8 Å². The van der Waals surface area contributed by atoms with E-state index in [0.717, 1.165) is 12.3 Å². The first-order chi connectivity index (χ1) is 6.67. The van der Waals surface area contributed by atoms with Gasteiger partial charge >= 0.3 is 0 Å². The summed E-state index contributed by atoms with van der Waals surface area (Å²) in [5.74, 6) is 0.785. The first-order valence-electron chi connectivity index (χ1n) is 5.49. The minimum Gasteiger partial charge on any atom is -0.323 e. The Morgan fingerprint density at radius 1 is 1.27 bits per heavy atom. The van der Waals surface area contributed by atoms with Gasteiger partial charge in [-0.25, -0.2) is 0 Å². The molecule has 0 radical (unpaired) electrons. The van der Waals surface area contributed by atoms with E-state index < -0.39 is 0 Å². The van der Waals surface area contributed by atoms with Crippen molar-refractivity contribution >= 4 is 23.7 Å². The van der Waals surface area contributed by atoms with Crippen molar-refractivity contribution in [3.8, 4) is 0 Å². The number of hydrogen-bond acceptors (Lipinski definition) is 2. The van der Waals surface area contributed by atoms with Crippen molar-refractivity contribution in [2.45, 2.75) is 46.1 Å². The topological polar surface area (TPSA) is 26.0 Å². The lowest BCUT2D eigenvalue weighted by Gasteiger charge is -2.16. The third kappa shape index (κ3) is 4.54. The largest absolute Gasteiger partial charge is 0.323 e. The Kier molecular flexibility index (Phi) is 7.24. The maximum absolute atomic E-state index is 6.17. The Morgan fingerprint density at radius 3 is 2.27 bits per heavy atom. The lowest BCUT2D eigenvalue weighted by atomic mass is 9.94. The Labute approximate surface area is 103 Å². The second-order valence-electron chi connectivity index (χ2n) is 3.97. The van der Waals surface area contributed by atoms with Crippen molar-refractivity contribution in [1.29, 1.82) is 0 Å². The molecule has 0 aromatic carbocycles. The highest BCUT2D eigenvalue weighted by molar-refractivity contribution is 7.12. The molecule has 88 valence electrons. The second kappa shape index (κ2) is 7.26. The smallest absolute Gasteiger partial charge is 0.0392 e. The van der Waals surface area contributed by atoms with Crippen LogP contribution in [0.4, 0.5) is 0 Å². The van der Waals surface area contributed by atoms with Gasteiger partial charge in [0.25, 0.3) is 0 Å². The fourth-order valence-electron chi connectivity index (χ4n) is 1.75. The maximum atomic E-state index is 6.17. The predicted molar refractivity (Wildman–Crippen MR) is 71.9 cm³/mol. The van der Waals surface area contributed by atoms with Gasteiger partial charge in [-0.3, -0.25) is 0 Å². The van der Waals surface area contributed by atoms with Gasteiger partial charge in [0.1, 0.15) is 0 Å². The van der Waals surface area contributed by atoms with Crippen molar-refractivity contribution in [2.24, 2.45) is 11.7 Å². The second-order valence-corrected chi connectivity index (χ2v) is 5.29. The molecule has 0 aliphatic rings. The zero-order valence-electron chi connectivity index (χ0n) is 9.82. The van der Waals surface area contributed by atoms with Crippen LogP contribution in [-0.4, -0.2) is 0 Å². The number of aryl methyl sites for hydroxylation is 1. The summed E-state index contributed by atoms with van der Waals surface area (Å²) in [4.78, 5) is 2.70. The molecule has 15 heavy (non-hydrogen) atoms. The summed E-state index contributed by atoms with van der Waals surface area (Å²) in [6.07, 6.45) is 3.62. The highest BCUT2D eigenvalue weighted by atomic mass is 35.5. The monoisotopic (exact) mass is 247 g/mol. The van der Waals surface area contributed by atoms with E-state index in [0.29, 0.717) is 0 Å². The van der Waals surface area contributed by atoms with Crippen molar-refractivity contribution in [3.63, 3.8) is 0 Å². The molecule has 1 nitrogen and oxygen atoms in total. The molecule has 1 aromatic heterocycles. The summed E-state index contributed by atoms with van der Waals surface area (Å²) in [5, 5.41) is 0. The van der Waals surface area contributed by atoms with Gasteiger partial charge in [-0.05, 0) is 31.4 Å². The summed E-state index contributed by atoms with van der Waals surface area (Å²) < 4.78 is 0. The van der Waals surface area contributed by atoms with Gasteiger partial charge < -0.3 is 5.73 Å². The van der Waals surface area contributed by atoms with Crippen molar-refractivity contribution in [2.75, 3.05) is 0 Å². The van der Waals surface area contributed by atoms with Crippen molar-refractivity contribution in [1.82, 2.24) is 0 Å². The van der Waals surface area contributed by atoms with E-state index in [9.17, 15) is 0 Å². The van der Waals surface area contributed by atoms with Gasteiger partial charge in [0.05, 0.1) is 0 Å². The van der Waals surface area contributed by atoms with Gasteiger partial charge in [-0.15, -0.1) is 23.7 Å². The molecule has 0 saturated heterocycles. The molecule has 2 N–H and O–H groups in total. The van der Waals surface area contributed by atoms with Crippen LogP contribution in [-0.2, 0) is 0 Å². The van der Waals surface area contributed by atoms with Crippen LogP contribution in [0.1, 0.15) is 48.9 Å². The van der Waals surface area contributed by atoms with Crippen LogP contribution in [0.3, 0.4) is 0 Å². The Morgan fingerprint density at radius 2 is 1.87 bits per heavy atom. The molecule has 0 spiro atoms. The normalized spacial score (nSPS) is 12.6. The van der Waals surface area contributed by atoms with Crippen LogP contribution in [0.2, 0.25) is 0 Å². The van der Waals surface area contributed by atoms with E-state index in [1.54, 1.807) is 0 Å². The zero-order chi connectivity index (χ0) is 10.6. The van der Waals surface area contributed by atoms with Gasteiger partial charge in [-0.1, -0.05) is 26.7 Å². The fourth-order valence-corrected chi connectivity index (χ4v) is 2.64. The lowest BCUT2D eigenvalue weighted by molar-refractivity contribution is 0.417. The first-order valence-corrected chi connectivity index (χ1v) is 6.30. The van der Waals surface area contributed by atoms with Crippen LogP contribution in [0.15, 0.2) is 12.1 Å². The molecule has 0 fully saturated rings. The molecular formula is C12H22ClNS. The van der Waals surface area contributed by atoms with Crippen LogP contribution >= 0.6 is 23.7 Å². The van der Waals surface area contributed by atoms with Crippen LogP contribution in [0.5, 0.6) is 0 Å². The first kappa shape index (κ1) is 14.9. The summed E-state index contributed by atoms with van der Waals surface area (Å²) in [7, 11) is 0. The van der Waals surface area contributed by atoms with Gasteiger partial charge in [0.15, 0.2) is 0 Å². The SMILES string of the molecule is CCC(CC)CC(N)c1ccc(C)s1.Cl. The summed E-state index contributed by atoms with van der Waals surface area (Å²) in [5.41, 5.74) is 6.17. The van der Waals surface area contributed by atoms with Gasteiger partial charge in [0.2, 0.25) is 0 Å². The number of thiophene rings is 1. The summed E-state index contributed by atoms with van der Waals surface area (Å²) >= 11 is 1.83. The van der Waals surface area contributed by atoms with E-state index in [1.165, 1.54) is 22.6 Å². The van der Waals surface area contributed by atoms with E-state index in [-0.39, 0.29) is 18.4 Å². The van der Waals surface area contributed by atoms with E-state index in [4.69, 9.17) is 5.73 Å². The molecule has 0 amide bonds. The molecule has 1 rings (SSSR count). The summed E-state index contributed by atoms with van der Waals surface area (Å²) in [6, 6.07) is 4.58. The summed E-state index contributed by atoms with van der Waals surface area (Å²) in [6.45, 7) is 6.64.